The molecule has 1 saturated carbocycles. The van der Waals surface area contributed by atoms with Gasteiger partial charge in [0.1, 0.15) is 5.75 Å². The molecule has 13 heteroatoms. The number of aromatic hydroxyl groups is 1. The van der Waals surface area contributed by atoms with Crippen LogP contribution in [-0.4, -0.2) is 48.0 Å². The third kappa shape index (κ3) is 5.29. The van der Waals surface area contributed by atoms with Crippen LogP contribution in [0.25, 0.3) is 0 Å². The Kier molecular flexibility index (Phi) is 8.91. The van der Waals surface area contributed by atoms with Crippen molar-refractivity contribution in [3.05, 3.63) is 122 Å². The number of hydrogen-bond donors (Lipinski definition) is 2. The molecule has 8 rings (SSSR count). The maximum atomic E-state index is 15.4. The van der Waals surface area contributed by atoms with Crippen LogP contribution < -0.4 is 19.8 Å². The summed E-state index contributed by atoms with van der Waals surface area (Å²) in [7, 11) is 2.96. The zero-order valence-electron chi connectivity index (χ0n) is 29.3. The summed E-state index contributed by atoms with van der Waals surface area (Å²) < 4.78 is 11.0. The zero-order chi connectivity index (χ0) is 38.2. The number of halogens is 3. The molecule has 2 N–H and O–H groups in total. The number of ether oxygens (including phenoxy) is 2. The Hall–Kier alpha value is -5.03. The van der Waals surface area contributed by atoms with Gasteiger partial charge in [-0.25, -0.2) is 4.90 Å². The molecule has 2 aliphatic heterocycles. The number of hydrazine groups is 1. The van der Waals surface area contributed by atoms with E-state index in [1.807, 2.05) is 13.0 Å². The Bertz CT molecular complexity index is 2300. The molecule has 0 aromatic heterocycles. The molecular formula is C41H34Cl3N3O7. The second-order valence-electron chi connectivity index (χ2n) is 14.1. The number of anilines is 2. The van der Waals surface area contributed by atoms with Crippen molar-refractivity contribution in [3.8, 4) is 17.2 Å². The number of phenolic OH excluding ortho intramolecular Hbond substituents is 1. The van der Waals surface area contributed by atoms with Gasteiger partial charge in [0.15, 0.2) is 11.5 Å². The van der Waals surface area contributed by atoms with Crippen LogP contribution in [0.15, 0.2) is 90.5 Å². The number of nitrogens with one attached hydrogen (secondary N) is 1. The molecule has 0 radical (unpaired) electrons. The van der Waals surface area contributed by atoms with Crippen molar-refractivity contribution < 1.29 is 33.8 Å². The number of phenols is 1. The van der Waals surface area contributed by atoms with Crippen LogP contribution in [0.3, 0.4) is 0 Å². The van der Waals surface area contributed by atoms with E-state index < -0.39 is 46.8 Å². The molecule has 4 aromatic rings. The molecule has 4 aliphatic rings. The molecule has 0 unspecified atom stereocenters. The number of nitrogens with zero attached hydrogens (tertiary/aromatic N) is 2. The number of fused-ring (bicyclic) bond motifs is 4. The summed E-state index contributed by atoms with van der Waals surface area (Å²) in [5.41, 5.74) is 4.75. The minimum Gasteiger partial charge on any atom is -0.504 e. The molecule has 10 nitrogen and oxygen atoms in total. The van der Waals surface area contributed by atoms with Crippen molar-refractivity contribution in [1.82, 2.24) is 5.01 Å². The predicted molar refractivity (Wildman–Crippen MR) is 204 cm³/mol. The maximum absolute atomic E-state index is 15.4. The Morgan fingerprint density at radius 3 is 2.26 bits per heavy atom. The van der Waals surface area contributed by atoms with Gasteiger partial charge in [0, 0.05) is 16.0 Å². The van der Waals surface area contributed by atoms with Crippen LogP contribution in [0.1, 0.15) is 35.4 Å². The molecule has 2 aliphatic carbocycles. The Morgan fingerprint density at radius 1 is 0.815 bits per heavy atom. The summed E-state index contributed by atoms with van der Waals surface area (Å²) in [5.74, 6) is -5.18. The fourth-order valence-corrected chi connectivity index (χ4v) is 9.69. The zero-order valence-corrected chi connectivity index (χ0v) is 31.6. The van der Waals surface area contributed by atoms with Crippen molar-refractivity contribution in [1.29, 1.82) is 0 Å². The lowest BCUT2D eigenvalue weighted by molar-refractivity contribution is -0.138. The molecule has 0 bridgehead atoms. The Morgan fingerprint density at radius 2 is 1.57 bits per heavy atom. The minimum atomic E-state index is -1.57. The molecule has 2 heterocycles. The number of aryl methyl sites for hydroxylation is 1. The fraction of sp³-hybridized carbons (Fsp3) is 0.268. The average molecular weight is 787 g/mol. The van der Waals surface area contributed by atoms with Gasteiger partial charge in [-0.05, 0) is 97.0 Å². The van der Waals surface area contributed by atoms with Crippen LogP contribution in [0.4, 0.5) is 11.4 Å². The van der Waals surface area contributed by atoms with Crippen LogP contribution >= 0.6 is 34.8 Å². The second kappa shape index (κ2) is 13.4. The van der Waals surface area contributed by atoms with Gasteiger partial charge in [-0.3, -0.25) is 24.6 Å². The van der Waals surface area contributed by atoms with Crippen LogP contribution in [0.5, 0.6) is 17.2 Å². The molecule has 4 amide bonds. The topological polar surface area (TPSA) is 125 Å². The number of amides is 4. The number of benzene rings is 4. The van der Waals surface area contributed by atoms with E-state index in [4.69, 9.17) is 44.3 Å². The van der Waals surface area contributed by atoms with Crippen LogP contribution in [0, 0.1) is 30.6 Å². The number of allylic oxidation sites excluding steroid dienone is 2. The van der Waals surface area contributed by atoms with E-state index >= 15 is 4.79 Å². The smallest absolute Gasteiger partial charge is 0.260 e. The van der Waals surface area contributed by atoms with Crippen molar-refractivity contribution in [2.45, 2.75) is 31.1 Å². The van der Waals surface area contributed by atoms with E-state index in [0.717, 1.165) is 16.1 Å². The van der Waals surface area contributed by atoms with Gasteiger partial charge in [-0.1, -0.05) is 70.7 Å². The number of methoxy groups -OCH3 is 2. The molecular weight excluding hydrogens is 753 g/mol. The summed E-state index contributed by atoms with van der Waals surface area (Å²) in [6.07, 6.45) is 2.28. The molecule has 0 spiro atoms. The van der Waals surface area contributed by atoms with Gasteiger partial charge in [0.25, 0.3) is 11.8 Å². The van der Waals surface area contributed by atoms with E-state index in [9.17, 15) is 19.5 Å². The maximum Gasteiger partial charge on any atom is 0.260 e. The monoisotopic (exact) mass is 785 g/mol. The predicted octanol–water partition coefficient (Wildman–Crippen LogP) is 7.87. The molecule has 2 saturated heterocycles. The average Bonchev–Trinajstić information content (AvgIpc) is 3.54. The van der Waals surface area contributed by atoms with E-state index in [1.165, 1.54) is 31.3 Å². The molecule has 54 heavy (non-hydrogen) atoms. The van der Waals surface area contributed by atoms with Gasteiger partial charge < -0.3 is 14.6 Å². The van der Waals surface area contributed by atoms with E-state index in [1.54, 1.807) is 66.7 Å². The molecule has 276 valence electrons. The van der Waals surface area contributed by atoms with Crippen LogP contribution in [0.2, 0.25) is 15.1 Å². The van der Waals surface area contributed by atoms with Crippen molar-refractivity contribution in [2.24, 2.45) is 23.7 Å². The SMILES string of the molecule is COc1ccc([C@@]23C(=O)N(Nc4ccc(Cl)cc4Cl)C(=O)[C@@H]2C[C@@H]2C(=CC[C@@H]4C(=O)N(c5ccc(C)c(Cl)c5)C(=O)[C@@H]42)[C@@H]3c2ccc(O)c(OC)c2)cc1. The number of imide groups is 2. The first-order valence-electron chi connectivity index (χ1n) is 17.4. The van der Waals surface area contributed by atoms with Crippen molar-refractivity contribution >= 4 is 69.8 Å². The van der Waals surface area contributed by atoms with Crippen molar-refractivity contribution in [3.63, 3.8) is 0 Å². The van der Waals surface area contributed by atoms with Gasteiger partial charge in [-0.15, -0.1) is 0 Å². The number of carbonyl (C=O) groups is 4. The summed E-state index contributed by atoms with van der Waals surface area (Å²) in [4.78, 5) is 60.3. The standard InChI is InChI=1S/C41H34Cl3N3O7/c1-20-4-9-24(18-30(20)43)46-37(49)27-13-12-26-28(35(27)39(46)51)19-29-38(50)47(45-32-14-8-23(42)17-31(32)44)40(52)41(29,22-6-10-25(53-2)11-7-22)36(26)21-5-15-33(48)34(16-21)54-3/h4-12,14-18,27-29,35-36,45,48H,13,19H2,1-3H3/t27-,28+,29-,35-,36-,41+/m0/s1. The number of hydrogen-bond acceptors (Lipinski definition) is 8. The van der Waals surface area contributed by atoms with Gasteiger partial charge >= 0.3 is 0 Å². The fourth-order valence-electron chi connectivity index (χ4n) is 9.07. The van der Waals surface area contributed by atoms with Gasteiger partial charge in [-0.2, -0.15) is 5.01 Å². The number of rotatable bonds is 7. The molecule has 3 fully saturated rings. The third-order valence-electron chi connectivity index (χ3n) is 11.5. The lowest BCUT2D eigenvalue weighted by Crippen LogP contribution is -2.53. The largest absolute Gasteiger partial charge is 0.504 e. The molecule has 6 atom stereocenters. The Labute approximate surface area is 326 Å². The summed E-state index contributed by atoms with van der Waals surface area (Å²) >= 11 is 19.2. The van der Waals surface area contributed by atoms with Crippen molar-refractivity contribution in [2.75, 3.05) is 24.5 Å². The van der Waals surface area contributed by atoms with E-state index in [2.05, 4.69) is 5.43 Å². The minimum absolute atomic E-state index is 0.0867. The Balaban J connectivity index is 1.33. The first-order chi connectivity index (χ1) is 25.9. The highest BCUT2D eigenvalue weighted by Gasteiger charge is 2.70. The third-order valence-corrected chi connectivity index (χ3v) is 12.5. The first-order valence-corrected chi connectivity index (χ1v) is 18.5. The normalized spacial score (nSPS) is 26.0. The number of carbonyl (C=O) groups excluding carboxylic acids is 4. The summed E-state index contributed by atoms with van der Waals surface area (Å²) in [5, 5.41) is 12.7. The van der Waals surface area contributed by atoms with E-state index in [-0.39, 0.29) is 46.9 Å². The quantitative estimate of drug-likeness (QED) is 0.143. The first kappa shape index (κ1) is 36.0. The lowest BCUT2D eigenvalue weighted by atomic mass is 9.49. The van der Waals surface area contributed by atoms with Gasteiger partial charge in [0.2, 0.25) is 11.8 Å². The van der Waals surface area contributed by atoms with Gasteiger partial charge in [0.05, 0.1) is 53.8 Å². The van der Waals surface area contributed by atoms with Crippen LogP contribution in [-0.2, 0) is 24.6 Å². The van der Waals surface area contributed by atoms with E-state index in [0.29, 0.717) is 32.6 Å². The lowest BCUT2D eigenvalue weighted by Gasteiger charge is -2.50. The summed E-state index contributed by atoms with van der Waals surface area (Å²) in [6.45, 7) is 1.84. The highest BCUT2D eigenvalue weighted by Crippen LogP contribution is 2.64. The molecule has 4 aromatic carbocycles. The highest BCUT2D eigenvalue weighted by molar-refractivity contribution is 6.36. The second-order valence-corrected chi connectivity index (χ2v) is 15.3. The summed E-state index contributed by atoms with van der Waals surface area (Å²) in [6, 6.07) is 21.6. The highest BCUT2D eigenvalue weighted by atomic mass is 35.5.